The molecule has 0 aliphatic carbocycles. The monoisotopic (exact) mass is 310 g/mol. The van der Waals surface area contributed by atoms with Crippen LogP contribution in [0.5, 0.6) is 0 Å². The summed E-state index contributed by atoms with van der Waals surface area (Å²) >= 11 is 0. The van der Waals surface area contributed by atoms with Crippen molar-refractivity contribution < 1.29 is 51.1 Å². The lowest BCUT2D eigenvalue weighted by atomic mass is 10.8. The Morgan fingerprint density at radius 2 is 0.250 bits per heavy atom. The average Bonchev–Trinajstić information content (AvgIpc) is 2.55. The van der Waals surface area contributed by atoms with Gasteiger partial charge in [-0.2, -0.15) is 0 Å². The molecule has 0 bridgehead atoms. The van der Waals surface area contributed by atoms with Gasteiger partial charge in [-0.1, -0.05) is 0 Å². The first-order chi connectivity index (χ1) is 9.57. The molecule has 0 aromatic rings. The normalized spacial score (nSPS) is 7.50. The fourth-order valence-electron chi connectivity index (χ4n) is 0. The van der Waals surface area contributed by atoms with E-state index in [2.05, 4.69) is 0 Å². The smallest absolute Gasteiger partial charge is 0.0662 e. The minimum Gasteiger partial charge on any atom is -0.394 e. The number of aliphatic hydroxyl groups excluding tert-OH is 10. The molecule has 0 aliphatic heterocycles. The van der Waals surface area contributed by atoms with Crippen molar-refractivity contribution in [2.24, 2.45) is 0 Å². The van der Waals surface area contributed by atoms with Gasteiger partial charge in [-0.3, -0.25) is 0 Å². The van der Waals surface area contributed by atoms with Crippen LogP contribution in [-0.2, 0) is 0 Å². The van der Waals surface area contributed by atoms with E-state index in [4.69, 9.17) is 51.1 Å². The summed E-state index contributed by atoms with van der Waals surface area (Å²) in [5.41, 5.74) is 0. The zero-order valence-corrected chi connectivity index (χ0v) is 11.5. The molecule has 10 N–H and O–H groups in total. The van der Waals surface area contributed by atoms with Crippen molar-refractivity contribution in [2.75, 3.05) is 66.1 Å². The van der Waals surface area contributed by atoms with Crippen molar-refractivity contribution in [3.63, 3.8) is 0 Å². The summed E-state index contributed by atoms with van der Waals surface area (Å²) in [5, 5.41) is 76.2. The highest BCUT2D eigenvalue weighted by atomic mass is 16.3. The third-order valence-corrected chi connectivity index (χ3v) is 0.500. The van der Waals surface area contributed by atoms with Gasteiger partial charge in [0.1, 0.15) is 0 Å². The quantitative estimate of drug-likeness (QED) is 0.234. The Morgan fingerprint density at radius 3 is 0.250 bits per heavy atom. The lowest BCUT2D eigenvalue weighted by Gasteiger charge is -1.70. The first-order valence-corrected chi connectivity index (χ1v) is 5.66. The van der Waals surface area contributed by atoms with Crippen LogP contribution in [0.3, 0.4) is 0 Å². The van der Waals surface area contributed by atoms with Crippen molar-refractivity contribution in [1.29, 1.82) is 0 Å². The second kappa shape index (κ2) is 62.5. The molecule has 0 aromatic carbocycles. The molecule has 0 rings (SSSR count). The van der Waals surface area contributed by atoms with Crippen molar-refractivity contribution in [2.45, 2.75) is 0 Å². The summed E-state index contributed by atoms with van der Waals surface area (Å²) in [4.78, 5) is 0. The highest BCUT2D eigenvalue weighted by Crippen LogP contribution is 1.41. The summed E-state index contributed by atoms with van der Waals surface area (Å²) in [7, 11) is 0. The van der Waals surface area contributed by atoms with Gasteiger partial charge in [0.25, 0.3) is 0 Å². The van der Waals surface area contributed by atoms with Crippen molar-refractivity contribution in [1.82, 2.24) is 0 Å². The molecular formula is C10H30O10. The second-order valence-electron chi connectivity index (χ2n) is 2.24. The van der Waals surface area contributed by atoms with Gasteiger partial charge >= 0.3 is 0 Å². The number of rotatable bonds is 5. The molecule has 0 fully saturated rings. The Balaban J connectivity index is -0.0000000469. The first kappa shape index (κ1) is 31.8. The minimum atomic E-state index is -0.125. The Labute approximate surface area is 118 Å². The highest BCUT2D eigenvalue weighted by molar-refractivity contribution is 4.08. The van der Waals surface area contributed by atoms with E-state index in [1.807, 2.05) is 0 Å². The van der Waals surface area contributed by atoms with E-state index in [1.165, 1.54) is 0 Å². The third-order valence-electron chi connectivity index (χ3n) is 0.500. The van der Waals surface area contributed by atoms with E-state index in [1.54, 1.807) is 0 Å². The van der Waals surface area contributed by atoms with Gasteiger partial charge in [0.2, 0.25) is 0 Å². The molecule has 0 unspecified atom stereocenters. The van der Waals surface area contributed by atoms with Crippen LogP contribution in [0.2, 0.25) is 0 Å². The van der Waals surface area contributed by atoms with Gasteiger partial charge < -0.3 is 51.1 Å². The molecule has 0 saturated heterocycles. The fourth-order valence-corrected chi connectivity index (χ4v) is 0. The molecule has 0 aromatic heterocycles. The predicted molar refractivity (Wildman–Crippen MR) is 70.9 cm³/mol. The molecule has 0 atom stereocenters. The lowest BCUT2D eigenvalue weighted by Crippen LogP contribution is -1.85. The number of hydrogen-bond donors (Lipinski definition) is 10. The topological polar surface area (TPSA) is 202 Å². The maximum atomic E-state index is 7.62. The van der Waals surface area contributed by atoms with Crippen LogP contribution >= 0.6 is 0 Å². The van der Waals surface area contributed by atoms with Crippen LogP contribution in [0.15, 0.2) is 0 Å². The van der Waals surface area contributed by atoms with E-state index in [0.29, 0.717) is 0 Å². The molecule has 0 spiro atoms. The first-order valence-electron chi connectivity index (χ1n) is 5.66. The molecule has 130 valence electrons. The molecule has 0 heterocycles. The average molecular weight is 310 g/mol. The summed E-state index contributed by atoms with van der Waals surface area (Å²) in [6, 6.07) is 0. The largest absolute Gasteiger partial charge is 0.394 e. The van der Waals surface area contributed by atoms with Crippen LogP contribution in [0.1, 0.15) is 0 Å². The number of hydrogen-bond acceptors (Lipinski definition) is 10. The standard InChI is InChI=1S/5C2H6O2/c5*3-1-2-4/h5*3-4H,1-2H2. The van der Waals surface area contributed by atoms with Crippen molar-refractivity contribution >= 4 is 0 Å². The molecule has 0 aliphatic rings. The maximum absolute atomic E-state index is 7.62. The van der Waals surface area contributed by atoms with Gasteiger partial charge in [-0.15, -0.1) is 0 Å². The SMILES string of the molecule is OCCO.OCCO.OCCO.OCCO.OCCO. The third kappa shape index (κ3) is 229. The Morgan fingerprint density at radius 1 is 0.200 bits per heavy atom. The Bertz CT molecular complexity index is 53.2. The van der Waals surface area contributed by atoms with Crippen molar-refractivity contribution in [3.05, 3.63) is 0 Å². The fraction of sp³-hybridized carbons (Fsp3) is 1.00. The minimum absolute atomic E-state index is 0.125. The van der Waals surface area contributed by atoms with Gasteiger partial charge in [-0.05, 0) is 0 Å². The van der Waals surface area contributed by atoms with E-state index in [-0.39, 0.29) is 66.1 Å². The summed E-state index contributed by atoms with van der Waals surface area (Å²) in [6.07, 6.45) is 0. The highest BCUT2D eigenvalue weighted by Gasteiger charge is 1.59. The second-order valence-corrected chi connectivity index (χ2v) is 2.24. The van der Waals surface area contributed by atoms with Gasteiger partial charge in [0.15, 0.2) is 0 Å². The van der Waals surface area contributed by atoms with Gasteiger partial charge in [-0.25, -0.2) is 0 Å². The summed E-state index contributed by atoms with van der Waals surface area (Å²) in [5.74, 6) is 0. The Hall–Kier alpha value is -0.400. The van der Waals surface area contributed by atoms with Crippen LogP contribution in [0.4, 0.5) is 0 Å². The molecule has 0 radical (unpaired) electrons. The zero-order chi connectivity index (χ0) is 17.1. The van der Waals surface area contributed by atoms with Gasteiger partial charge in [0.05, 0.1) is 66.1 Å². The molecular weight excluding hydrogens is 280 g/mol. The van der Waals surface area contributed by atoms with E-state index in [0.717, 1.165) is 0 Å². The molecule has 10 nitrogen and oxygen atoms in total. The number of aliphatic hydroxyl groups is 10. The van der Waals surface area contributed by atoms with E-state index >= 15 is 0 Å². The van der Waals surface area contributed by atoms with E-state index in [9.17, 15) is 0 Å². The molecule has 0 amide bonds. The van der Waals surface area contributed by atoms with Crippen LogP contribution < -0.4 is 0 Å². The zero-order valence-electron chi connectivity index (χ0n) is 11.5. The lowest BCUT2D eigenvalue weighted by molar-refractivity contribution is 0.186. The Kier molecular flexibility index (Phi) is 99.4. The van der Waals surface area contributed by atoms with Crippen LogP contribution in [0.25, 0.3) is 0 Å². The summed E-state index contributed by atoms with van der Waals surface area (Å²) < 4.78 is 0. The van der Waals surface area contributed by atoms with Gasteiger partial charge in [0, 0.05) is 0 Å². The molecule has 10 heteroatoms. The van der Waals surface area contributed by atoms with Crippen molar-refractivity contribution in [3.8, 4) is 0 Å². The predicted octanol–water partition coefficient (Wildman–Crippen LogP) is -5.14. The van der Waals surface area contributed by atoms with Crippen LogP contribution in [-0.4, -0.2) is 117 Å². The molecule has 0 saturated carbocycles. The van der Waals surface area contributed by atoms with E-state index < -0.39 is 0 Å². The molecule has 20 heavy (non-hydrogen) atoms. The van der Waals surface area contributed by atoms with Crippen LogP contribution in [0, 0.1) is 0 Å². The summed E-state index contributed by atoms with van der Waals surface area (Å²) in [6.45, 7) is -1.25. The maximum Gasteiger partial charge on any atom is 0.0662 e.